The van der Waals surface area contributed by atoms with Gasteiger partial charge in [0, 0.05) is 17.8 Å². The Morgan fingerprint density at radius 3 is 2.78 bits per heavy atom. The van der Waals surface area contributed by atoms with Crippen molar-refractivity contribution in [2.45, 2.75) is 19.4 Å². The highest BCUT2D eigenvalue weighted by molar-refractivity contribution is 7.09. The smallest absolute Gasteiger partial charge is 0.0897 e. The number of hydrogen-bond acceptors (Lipinski definition) is 3. The molecule has 0 aliphatic carbocycles. The third kappa shape index (κ3) is 3.04. The number of aromatic nitrogens is 1. The van der Waals surface area contributed by atoms with Gasteiger partial charge in [-0.15, -0.1) is 11.3 Å². The van der Waals surface area contributed by atoms with Crippen LogP contribution in [-0.4, -0.2) is 12.0 Å². The Hall–Kier alpha value is -0.610. The molecule has 0 amide bonds. The molecule has 5 heteroatoms. The second kappa shape index (κ2) is 6.02. The Morgan fingerprint density at radius 1 is 1.39 bits per heavy atom. The molecule has 0 aliphatic heterocycles. The Bertz CT molecular complexity index is 540. The lowest BCUT2D eigenvalue weighted by Gasteiger charge is -2.17. The quantitative estimate of drug-likeness (QED) is 0.912. The molecule has 1 aromatic heterocycles. The number of nitrogens with zero attached hydrogens (tertiary/aromatic N) is 1. The highest BCUT2D eigenvalue weighted by atomic mass is 35.5. The van der Waals surface area contributed by atoms with Crippen molar-refractivity contribution in [3.05, 3.63) is 49.9 Å². The summed E-state index contributed by atoms with van der Waals surface area (Å²) in [6, 6.07) is 5.83. The summed E-state index contributed by atoms with van der Waals surface area (Å²) in [4.78, 5) is 4.48. The van der Waals surface area contributed by atoms with E-state index in [0.29, 0.717) is 10.0 Å². The molecule has 1 atom stereocenters. The molecule has 2 aromatic rings. The molecule has 0 aliphatic rings. The number of halogens is 2. The first-order valence-corrected chi connectivity index (χ1v) is 7.27. The summed E-state index contributed by atoms with van der Waals surface area (Å²) in [6.45, 7) is 2.01. The largest absolute Gasteiger partial charge is 0.313 e. The number of hydrogen-bond donors (Lipinski definition) is 1. The van der Waals surface area contributed by atoms with Crippen LogP contribution in [0.2, 0.25) is 10.0 Å². The number of rotatable bonds is 4. The van der Waals surface area contributed by atoms with Gasteiger partial charge in [0.15, 0.2) is 0 Å². The van der Waals surface area contributed by atoms with Gasteiger partial charge in [0.1, 0.15) is 0 Å². The minimum atomic E-state index is 0.123. The number of nitrogens with one attached hydrogen (secondary N) is 1. The zero-order chi connectivity index (χ0) is 13.1. The summed E-state index contributed by atoms with van der Waals surface area (Å²) < 4.78 is 0. The van der Waals surface area contributed by atoms with Crippen LogP contribution in [0, 0.1) is 6.92 Å². The van der Waals surface area contributed by atoms with Gasteiger partial charge in [-0.1, -0.05) is 35.3 Å². The predicted octanol–water partition coefficient (Wildman–Crippen LogP) is 4.26. The topological polar surface area (TPSA) is 24.9 Å². The molecule has 96 valence electrons. The van der Waals surface area contributed by atoms with Crippen LogP contribution in [-0.2, 0) is 6.42 Å². The van der Waals surface area contributed by atoms with Crippen molar-refractivity contribution in [3.8, 4) is 0 Å². The van der Waals surface area contributed by atoms with Crippen molar-refractivity contribution >= 4 is 34.5 Å². The van der Waals surface area contributed by atoms with Gasteiger partial charge in [0.25, 0.3) is 0 Å². The minimum absolute atomic E-state index is 0.123. The van der Waals surface area contributed by atoms with E-state index in [1.807, 2.05) is 26.1 Å². The van der Waals surface area contributed by atoms with Gasteiger partial charge in [-0.05, 0) is 25.6 Å². The van der Waals surface area contributed by atoms with Crippen LogP contribution in [0.3, 0.4) is 0 Å². The van der Waals surface area contributed by atoms with Gasteiger partial charge < -0.3 is 5.32 Å². The third-order valence-electron chi connectivity index (χ3n) is 2.79. The molecule has 0 saturated carbocycles. The van der Waals surface area contributed by atoms with Gasteiger partial charge in [0.2, 0.25) is 0 Å². The van der Waals surface area contributed by atoms with Crippen LogP contribution in [0.25, 0.3) is 0 Å². The highest BCUT2D eigenvalue weighted by Gasteiger charge is 2.16. The van der Waals surface area contributed by atoms with Crippen molar-refractivity contribution < 1.29 is 0 Å². The van der Waals surface area contributed by atoms with E-state index in [1.165, 1.54) is 0 Å². The number of benzene rings is 1. The first kappa shape index (κ1) is 13.8. The summed E-state index contributed by atoms with van der Waals surface area (Å²) in [6.07, 6.45) is 0.806. The van der Waals surface area contributed by atoms with E-state index < -0.39 is 0 Å². The first-order valence-electron chi connectivity index (χ1n) is 5.64. The van der Waals surface area contributed by atoms with Crippen LogP contribution in [0.4, 0.5) is 0 Å². The van der Waals surface area contributed by atoms with Gasteiger partial charge in [-0.2, -0.15) is 0 Å². The van der Waals surface area contributed by atoms with E-state index in [4.69, 9.17) is 23.2 Å². The van der Waals surface area contributed by atoms with Gasteiger partial charge in [0.05, 0.1) is 20.7 Å². The molecule has 0 fully saturated rings. The van der Waals surface area contributed by atoms with Crippen molar-refractivity contribution in [2.24, 2.45) is 0 Å². The summed E-state index contributed by atoms with van der Waals surface area (Å²) in [5.41, 5.74) is 2.09. The molecule has 1 N–H and O–H groups in total. The van der Waals surface area contributed by atoms with E-state index in [1.54, 1.807) is 17.4 Å². The van der Waals surface area contributed by atoms with Crippen molar-refractivity contribution in [1.82, 2.24) is 10.3 Å². The summed E-state index contributed by atoms with van der Waals surface area (Å²) in [7, 11) is 1.92. The SMILES string of the molecule is CNC(Cc1csc(C)n1)c1cccc(Cl)c1Cl. The molecule has 18 heavy (non-hydrogen) atoms. The lowest BCUT2D eigenvalue weighted by Crippen LogP contribution is -2.19. The average Bonchev–Trinajstić information content (AvgIpc) is 2.76. The lowest BCUT2D eigenvalue weighted by atomic mass is 10.0. The summed E-state index contributed by atoms with van der Waals surface area (Å²) in [5, 5.41) is 7.63. The Balaban J connectivity index is 2.25. The molecule has 0 saturated heterocycles. The van der Waals surface area contributed by atoms with Crippen LogP contribution < -0.4 is 5.32 Å². The van der Waals surface area contributed by atoms with Crippen LogP contribution in [0.15, 0.2) is 23.6 Å². The molecular formula is C13H14Cl2N2S. The summed E-state index contributed by atoms with van der Waals surface area (Å²) in [5.74, 6) is 0. The van der Waals surface area contributed by atoms with Crippen molar-refractivity contribution in [1.29, 1.82) is 0 Å². The van der Waals surface area contributed by atoms with Gasteiger partial charge in [-0.25, -0.2) is 4.98 Å². The number of thiazole rings is 1. The highest BCUT2D eigenvalue weighted by Crippen LogP contribution is 2.31. The molecule has 1 aromatic carbocycles. The van der Waals surface area contributed by atoms with E-state index in [0.717, 1.165) is 22.7 Å². The Morgan fingerprint density at radius 2 is 2.17 bits per heavy atom. The lowest BCUT2D eigenvalue weighted by molar-refractivity contribution is 0.586. The maximum Gasteiger partial charge on any atom is 0.0897 e. The molecule has 0 radical (unpaired) electrons. The van der Waals surface area contributed by atoms with Crippen molar-refractivity contribution in [2.75, 3.05) is 7.05 Å². The first-order chi connectivity index (χ1) is 8.61. The molecule has 1 heterocycles. The third-order valence-corrected chi connectivity index (χ3v) is 4.44. The van der Waals surface area contributed by atoms with E-state index in [2.05, 4.69) is 15.7 Å². The normalized spacial score (nSPS) is 12.7. The average molecular weight is 301 g/mol. The molecule has 2 rings (SSSR count). The number of likely N-dealkylation sites (N-methyl/N-ethyl adjacent to an activating group) is 1. The summed E-state index contributed by atoms with van der Waals surface area (Å²) >= 11 is 14.0. The fraction of sp³-hybridized carbons (Fsp3) is 0.308. The van der Waals surface area contributed by atoms with Gasteiger partial charge >= 0.3 is 0 Å². The molecule has 1 unspecified atom stereocenters. The van der Waals surface area contributed by atoms with Crippen LogP contribution >= 0.6 is 34.5 Å². The molecule has 2 nitrogen and oxygen atoms in total. The van der Waals surface area contributed by atoms with Crippen molar-refractivity contribution in [3.63, 3.8) is 0 Å². The minimum Gasteiger partial charge on any atom is -0.313 e. The predicted molar refractivity (Wildman–Crippen MR) is 78.8 cm³/mol. The fourth-order valence-corrected chi connectivity index (χ4v) is 2.93. The zero-order valence-electron chi connectivity index (χ0n) is 10.2. The zero-order valence-corrected chi connectivity index (χ0v) is 12.5. The van der Waals surface area contributed by atoms with E-state index in [-0.39, 0.29) is 6.04 Å². The van der Waals surface area contributed by atoms with E-state index in [9.17, 15) is 0 Å². The monoisotopic (exact) mass is 300 g/mol. The Kier molecular flexibility index (Phi) is 4.62. The maximum atomic E-state index is 6.25. The molecule has 0 bridgehead atoms. The van der Waals surface area contributed by atoms with Gasteiger partial charge in [-0.3, -0.25) is 0 Å². The molecular weight excluding hydrogens is 287 g/mol. The number of aryl methyl sites for hydroxylation is 1. The molecule has 0 spiro atoms. The Labute approximate surface area is 121 Å². The van der Waals surface area contributed by atoms with E-state index >= 15 is 0 Å². The second-order valence-corrected chi connectivity index (χ2v) is 5.89. The standard InChI is InChI=1S/C13H14Cl2N2S/c1-8-17-9(7-18-8)6-12(16-2)10-4-3-5-11(14)13(10)15/h3-5,7,12,16H,6H2,1-2H3. The van der Waals surface area contributed by atoms with Crippen LogP contribution in [0.1, 0.15) is 22.3 Å². The fourth-order valence-electron chi connectivity index (χ4n) is 1.87. The maximum absolute atomic E-state index is 6.25. The second-order valence-electron chi connectivity index (χ2n) is 4.05. The van der Waals surface area contributed by atoms with Crippen LogP contribution in [0.5, 0.6) is 0 Å².